The summed E-state index contributed by atoms with van der Waals surface area (Å²) in [5.41, 5.74) is 0.263. The number of rotatable bonds is 6. The first-order chi connectivity index (χ1) is 10.4. The number of benzene rings is 1. The van der Waals surface area contributed by atoms with E-state index in [0.717, 1.165) is 12.8 Å². The lowest BCUT2D eigenvalue weighted by Gasteiger charge is -2.21. The molecule has 0 spiro atoms. The molecule has 1 aromatic carbocycles. The largest absolute Gasteiger partial charge is 0.391 e. The lowest BCUT2D eigenvalue weighted by atomic mass is 10.2. The number of hydrogen-bond donors (Lipinski definition) is 2. The van der Waals surface area contributed by atoms with E-state index in [-0.39, 0.29) is 29.6 Å². The van der Waals surface area contributed by atoms with Crippen molar-refractivity contribution in [2.45, 2.75) is 18.9 Å². The quantitative estimate of drug-likeness (QED) is 0.828. The van der Waals surface area contributed by atoms with Gasteiger partial charge >= 0.3 is 0 Å². The first kappa shape index (κ1) is 17.1. The van der Waals surface area contributed by atoms with Crippen molar-refractivity contribution in [1.29, 1.82) is 0 Å². The van der Waals surface area contributed by atoms with Crippen LogP contribution in [0.25, 0.3) is 0 Å². The molecule has 1 aromatic rings. The van der Waals surface area contributed by atoms with Gasteiger partial charge in [-0.25, -0.2) is 0 Å². The van der Waals surface area contributed by atoms with Gasteiger partial charge < -0.3 is 15.3 Å². The third-order valence-corrected chi connectivity index (χ3v) is 4.18. The van der Waals surface area contributed by atoms with E-state index in [4.69, 9.17) is 23.2 Å². The Morgan fingerprint density at radius 2 is 2.09 bits per heavy atom. The van der Waals surface area contributed by atoms with Crippen LogP contribution in [0.5, 0.6) is 0 Å². The van der Waals surface area contributed by atoms with E-state index in [1.165, 1.54) is 17.0 Å². The van der Waals surface area contributed by atoms with Crippen LogP contribution in [0, 0.1) is 5.92 Å². The summed E-state index contributed by atoms with van der Waals surface area (Å²) < 4.78 is 0. The highest BCUT2D eigenvalue weighted by atomic mass is 35.5. The van der Waals surface area contributed by atoms with E-state index in [0.29, 0.717) is 10.9 Å². The fourth-order valence-corrected chi connectivity index (χ4v) is 2.57. The Labute approximate surface area is 139 Å². The number of nitrogens with one attached hydrogen (secondary N) is 1. The molecule has 1 saturated carbocycles. The lowest BCUT2D eigenvalue weighted by Crippen LogP contribution is -2.41. The van der Waals surface area contributed by atoms with Crippen LogP contribution in [-0.4, -0.2) is 48.1 Å². The number of carbonyl (C=O) groups excluding carboxylic acids is 2. The van der Waals surface area contributed by atoms with Gasteiger partial charge in [-0.15, -0.1) is 0 Å². The summed E-state index contributed by atoms with van der Waals surface area (Å²) in [4.78, 5) is 25.4. The van der Waals surface area contributed by atoms with Crippen LogP contribution in [0.3, 0.4) is 0 Å². The van der Waals surface area contributed by atoms with Crippen molar-refractivity contribution < 1.29 is 14.7 Å². The molecule has 1 fully saturated rings. The van der Waals surface area contributed by atoms with Gasteiger partial charge in [0.2, 0.25) is 5.91 Å². The van der Waals surface area contributed by atoms with E-state index in [2.05, 4.69) is 5.32 Å². The van der Waals surface area contributed by atoms with Crippen molar-refractivity contribution in [3.05, 3.63) is 33.8 Å². The Bertz CT molecular complexity index is 576. The third-order valence-electron chi connectivity index (χ3n) is 3.63. The highest BCUT2D eigenvalue weighted by Crippen LogP contribution is 2.32. The Balaban J connectivity index is 1.83. The molecule has 0 saturated heterocycles. The number of aliphatic hydroxyl groups is 1. The summed E-state index contributed by atoms with van der Waals surface area (Å²) in [5.74, 6) is -0.401. The number of aliphatic hydroxyl groups excluding tert-OH is 1. The molecule has 0 radical (unpaired) electrons. The van der Waals surface area contributed by atoms with Crippen LogP contribution in [0.1, 0.15) is 23.2 Å². The van der Waals surface area contributed by atoms with Crippen molar-refractivity contribution in [1.82, 2.24) is 10.2 Å². The molecule has 1 aliphatic rings. The van der Waals surface area contributed by atoms with E-state index in [1.54, 1.807) is 13.1 Å². The highest BCUT2D eigenvalue weighted by Gasteiger charge is 2.31. The molecule has 0 aliphatic heterocycles. The van der Waals surface area contributed by atoms with Crippen LogP contribution in [-0.2, 0) is 4.79 Å². The van der Waals surface area contributed by atoms with Crippen LogP contribution in [0.4, 0.5) is 0 Å². The summed E-state index contributed by atoms with van der Waals surface area (Å²) in [6.07, 6.45) is 1.53. The third kappa shape index (κ3) is 4.60. The van der Waals surface area contributed by atoms with E-state index < -0.39 is 12.0 Å². The molecule has 5 nitrogen and oxygen atoms in total. The second kappa shape index (κ2) is 7.31. The number of nitrogens with zero attached hydrogens (tertiary/aromatic N) is 1. The van der Waals surface area contributed by atoms with Crippen molar-refractivity contribution in [2.75, 3.05) is 20.1 Å². The zero-order valence-electron chi connectivity index (χ0n) is 12.2. The maximum Gasteiger partial charge on any atom is 0.253 e. The summed E-state index contributed by atoms with van der Waals surface area (Å²) in [6.45, 7) is 0.132. The van der Waals surface area contributed by atoms with Gasteiger partial charge in [0, 0.05) is 18.6 Å². The van der Waals surface area contributed by atoms with Gasteiger partial charge in [0.05, 0.1) is 23.2 Å². The van der Waals surface area contributed by atoms with Gasteiger partial charge in [-0.1, -0.05) is 23.2 Å². The molecular formula is C15H18Cl2N2O3. The normalized spacial score (nSPS) is 15.3. The monoisotopic (exact) mass is 344 g/mol. The van der Waals surface area contributed by atoms with Crippen LogP contribution >= 0.6 is 23.2 Å². The maximum atomic E-state index is 12.0. The van der Waals surface area contributed by atoms with Gasteiger partial charge in [-0.2, -0.15) is 0 Å². The molecule has 0 heterocycles. The van der Waals surface area contributed by atoms with Crippen molar-refractivity contribution in [3.8, 4) is 0 Å². The van der Waals surface area contributed by atoms with Gasteiger partial charge in [0.1, 0.15) is 0 Å². The van der Waals surface area contributed by atoms with Gasteiger partial charge in [-0.05, 0) is 37.0 Å². The number of hydrogen-bond acceptors (Lipinski definition) is 3. The molecule has 2 N–H and O–H groups in total. The fraction of sp³-hybridized carbons (Fsp3) is 0.467. The van der Waals surface area contributed by atoms with Crippen LogP contribution in [0.2, 0.25) is 10.0 Å². The standard InChI is InChI=1S/C15H18Cl2N2O3/c1-19(8-13(20)9-2-3-9)14(21)7-18-15(22)11-5-4-10(16)6-12(11)17/h4-6,9,13,20H,2-3,7-8H2,1H3,(H,18,22). The Morgan fingerprint density at radius 3 is 2.68 bits per heavy atom. The molecule has 0 aromatic heterocycles. The van der Waals surface area contributed by atoms with E-state index >= 15 is 0 Å². The van der Waals surface area contributed by atoms with Gasteiger partial charge in [0.25, 0.3) is 5.91 Å². The lowest BCUT2D eigenvalue weighted by molar-refractivity contribution is -0.130. The second-order valence-corrected chi connectivity index (χ2v) is 6.33. The number of halogens is 2. The molecule has 2 rings (SSSR count). The zero-order valence-corrected chi connectivity index (χ0v) is 13.7. The number of amides is 2. The molecule has 22 heavy (non-hydrogen) atoms. The van der Waals surface area contributed by atoms with E-state index in [9.17, 15) is 14.7 Å². The van der Waals surface area contributed by atoms with Crippen molar-refractivity contribution >= 4 is 35.0 Å². The van der Waals surface area contributed by atoms with Crippen LogP contribution < -0.4 is 5.32 Å². The van der Waals surface area contributed by atoms with Crippen LogP contribution in [0.15, 0.2) is 18.2 Å². The summed E-state index contributed by atoms with van der Waals surface area (Å²) in [6, 6.07) is 4.53. The Kier molecular flexibility index (Phi) is 5.67. The first-order valence-electron chi connectivity index (χ1n) is 7.03. The topological polar surface area (TPSA) is 69.6 Å². The van der Waals surface area contributed by atoms with Crippen molar-refractivity contribution in [2.24, 2.45) is 5.92 Å². The first-order valence-corrected chi connectivity index (χ1v) is 7.79. The molecule has 0 bridgehead atoms. The second-order valence-electron chi connectivity index (χ2n) is 5.49. The van der Waals surface area contributed by atoms with Gasteiger partial charge in [-0.3, -0.25) is 9.59 Å². The average molecular weight is 345 g/mol. The smallest absolute Gasteiger partial charge is 0.253 e. The minimum Gasteiger partial charge on any atom is -0.391 e. The maximum absolute atomic E-state index is 12.0. The van der Waals surface area contributed by atoms with Gasteiger partial charge in [0.15, 0.2) is 0 Å². The molecular weight excluding hydrogens is 327 g/mol. The number of carbonyl (C=O) groups is 2. The Morgan fingerprint density at radius 1 is 1.41 bits per heavy atom. The predicted molar refractivity (Wildman–Crippen MR) is 85.2 cm³/mol. The summed E-state index contributed by atoms with van der Waals surface area (Å²) in [7, 11) is 1.61. The molecule has 2 amide bonds. The molecule has 120 valence electrons. The Hall–Kier alpha value is -1.30. The minimum absolute atomic E-state index is 0.147. The minimum atomic E-state index is -0.490. The zero-order chi connectivity index (χ0) is 16.3. The molecule has 7 heteroatoms. The van der Waals surface area contributed by atoms with E-state index in [1.807, 2.05) is 0 Å². The summed E-state index contributed by atoms with van der Waals surface area (Å²) >= 11 is 11.7. The molecule has 1 aliphatic carbocycles. The summed E-state index contributed by atoms with van der Waals surface area (Å²) in [5, 5.41) is 13.0. The SMILES string of the molecule is CN(CC(O)C1CC1)C(=O)CNC(=O)c1ccc(Cl)cc1Cl. The molecule has 1 atom stereocenters. The predicted octanol–water partition coefficient (Wildman–Crippen LogP) is 1.95. The van der Waals surface area contributed by atoms with Crippen molar-refractivity contribution in [3.63, 3.8) is 0 Å². The number of likely N-dealkylation sites (N-methyl/N-ethyl adjacent to an activating group) is 1. The highest BCUT2D eigenvalue weighted by molar-refractivity contribution is 6.36. The fourth-order valence-electron chi connectivity index (χ4n) is 2.07. The average Bonchev–Trinajstić information content (AvgIpc) is 3.28. The molecule has 1 unspecified atom stereocenters.